The van der Waals surface area contributed by atoms with E-state index in [0.29, 0.717) is 43.2 Å². The lowest BCUT2D eigenvalue weighted by atomic mass is 10.2. The maximum atomic E-state index is 12.1. The lowest BCUT2D eigenvalue weighted by Gasteiger charge is -2.10. The van der Waals surface area contributed by atoms with Crippen molar-refractivity contribution in [3.8, 4) is 11.5 Å². The van der Waals surface area contributed by atoms with Gasteiger partial charge in [-0.15, -0.1) is 0 Å². The van der Waals surface area contributed by atoms with Crippen molar-refractivity contribution in [1.29, 1.82) is 0 Å². The Morgan fingerprint density at radius 3 is 2.48 bits per heavy atom. The van der Waals surface area contributed by atoms with Crippen LogP contribution in [0.3, 0.4) is 0 Å². The molecule has 0 aliphatic rings. The molecular formula is C16H26N2O6S. The Labute approximate surface area is 148 Å². The third-order valence-corrected chi connectivity index (χ3v) is 4.68. The molecule has 0 heterocycles. The molecule has 1 aromatic carbocycles. The van der Waals surface area contributed by atoms with Crippen molar-refractivity contribution in [2.24, 2.45) is 0 Å². The van der Waals surface area contributed by atoms with Crippen LogP contribution in [0.4, 0.5) is 0 Å². The molecule has 25 heavy (non-hydrogen) atoms. The van der Waals surface area contributed by atoms with E-state index in [-0.39, 0.29) is 18.2 Å². The second kappa shape index (κ2) is 10.9. The zero-order valence-corrected chi connectivity index (χ0v) is 15.6. The van der Waals surface area contributed by atoms with Crippen LogP contribution in [0.5, 0.6) is 11.5 Å². The van der Waals surface area contributed by atoms with Gasteiger partial charge in [-0.25, -0.2) is 13.1 Å². The Balaban J connectivity index is 2.43. The van der Waals surface area contributed by atoms with E-state index in [1.807, 2.05) is 6.92 Å². The minimum Gasteiger partial charge on any atom is -0.493 e. The van der Waals surface area contributed by atoms with Crippen LogP contribution in [0.25, 0.3) is 0 Å². The molecule has 1 aromatic rings. The molecule has 0 aliphatic heterocycles. The highest BCUT2D eigenvalue weighted by molar-refractivity contribution is 7.89. The molecule has 8 nitrogen and oxygen atoms in total. The summed E-state index contributed by atoms with van der Waals surface area (Å²) in [4.78, 5) is 12.1. The van der Waals surface area contributed by atoms with Crippen LogP contribution in [-0.2, 0) is 14.8 Å². The number of carbonyl (C=O) groups excluding carboxylic acids is 1. The van der Waals surface area contributed by atoms with Gasteiger partial charge in [0.25, 0.3) is 5.91 Å². The summed E-state index contributed by atoms with van der Waals surface area (Å²) in [5.74, 6) is 0.366. The first-order valence-corrected chi connectivity index (χ1v) is 9.64. The topological polar surface area (TPSA) is 103 Å². The monoisotopic (exact) mass is 374 g/mol. The van der Waals surface area contributed by atoms with Gasteiger partial charge in [0.15, 0.2) is 11.5 Å². The minimum atomic E-state index is -3.44. The van der Waals surface area contributed by atoms with Crippen molar-refractivity contribution < 1.29 is 27.4 Å². The normalized spacial score (nSPS) is 11.2. The molecule has 9 heteroatoms. The van der Waals surface area contributed by atoms with Gasteiger partial charge in [-0.1, -0.05) is 0 Å². The second-order valence-corrected chi connectivity index (χ2v) is 7.02. The summed E-state index contributed by atoms with van der Waals surface area (Å²) < 4.78 is 41.5. The van der Waals surface area contributed by atoms with E-state index < -0.39 is 10.0 Å². The summed E-state index contributed by atoms with van der Waals surface area (Å²) in [5, 5.41) is 2.58. The standard InChI is InChI=1S/C16H26N2O6S/c1-4-24-10-5-8-18-25(20,21)11-9-17-16(19)13-6-7-14(22-2)15(12-13)23-3/h6-7,12,18H,4-5,8-11H2,1-3H3,(H,17,19). The first kappa shape index (κ1) is 21.2. The predicted octanol–water partition coefficient (Wildman–Crippen LogP) is 0.780. The molecule has 0 unspecified atom stereocenters. The molecule has 0 aromatic heterocycles. The minimum absolute atomic E-state index is 0.00791. The van der Waals surface area contributed by atoms with Gasteiger partial charge in [-0.3, -0.25) is 4.79 Å². The Kier molecular flexibility index (Phi) is 9.25. The predicted molar refractivity (Wildman–Crippen MR) is 94.8 cm³/mol. The molecule has 2 N–H and O–H groups in total. The fourth-order valence-corrected chi connectivity index (χ4v) is 2.97. The highest BCUT2D eigenvalue weighted by Crippen LogP contribution is 2.27. The van der Waals surface area contributed by atoms with Crippen LogP contribution in [0.1, 0.15) is 23.7 Å². The third kappa shape index (κ3) is 7.72. The van der Waals surface area contributed by atoms with Crippen LogP contribution in [0.2, 0.25) is 0 Å². The molecule has 0 radical (unpaired) electrons. The number of hydrogen-bond donors (Lipinski definition) is 2. The van der Waals surface area contributed by atoms with Crippen LogP contribution in [-0.4, -0.2) is 60.6 Å². The van der Waals surface area contributed by atoms with Crippen molar-refractivity contribution in [2.75, 3.05) is 46.3 Å². The second-order valence-electron chi connectivity index (χ2n) is 5.09. The van der Waals surface area contributed by atoms with Gasteiger partial charge in [-0.2, -0.15) is 0 Å². The van der Waals surface area contributed by atoms with Crippen LogP contribution in [0.15, 0.2) is 18.2 Å². The number of hydrogen-bond acceptors (Lipinski definition) is 6. The van der Waals surface area contributed by atoms with Crippen molar-refractivity contribution in [3.05, 3.63) is 23.8 Å². The number of rotatable bonds is 12. The Hall–Kier alpha value is -1.84. The maximum Gasteiger partial charge on any atom is 0.251 e. The summed E-state index contributed by atoms with van der Waals surface area (Å²) in [5.41, 5.74) is 0.361. The number of carbonyl (C=O) groups is 1. The zero-order valence-electron chi connectivity index (χ0n) is 14.8. The summed E-state index contributed by atoms with van der Waals surface area (Å²) >= 11 is 0. The van der Waals surface area contributed by atoms with E-state index >= 15 is 0 Å². The van der Waals surface area contributed by atoms with Gasteiger partial charge in [0, 0.05) is 31.9 Å². The first-order valence-electron chi connectivity index (χ1n) is 7.98. The molecule has 0 saturated heterocycles. The van der Waals surface area contributed by atoms with Crippen LogP contribution < -0.4 is 19.5 Å². The molecule has 142 valence electrons. The molecule has 0 atom stereocenters. The molecular weight excluding hydrogens is 348 g/mol. The van der Waals surface area contributed by atoms with Gasteiger partial charge >= 0.3 is 0 Å². The highest BCUT2D eigenvalue weighted by Gasteiger charge is 2.13. The van der Waals surface area contributed by atoms with E-state index in [4.69, 9.17) is 14.2 Å². The van der Waals surface area contributed by atoms with Crippen LogP contribution >= 0.6 is 0 Å². The average Bonchev–Trinajstić information content (AvgIpc) is 2.60. The number of amides is 1. The average molecular weight is 374 g/mol. The van der Waals surface area contributed by atoms with Crippen molar-refractivity contribution in [1.82, 2.24) is 10.0 Å². The molecule has 1 rings (SSSR count). The van der Waals surface area contributed by atoms with Crippen molar-refractivity contribution >= 4 is 15.9 Å². The Bertz CT molecular complexity index is 648. The van der Waals surface area contributed by atoms with E-state index in [1.54, 1.807) is 12.1 Å². The lowest BCUT2D eigenvalue weighted by molar-refractivity contribution is 0.0955. The molecule has 0 bridgehead atoms. The van der Waals surface area contributed by atoms with Gasteiger partial charge in [-0.05, 0) is 31.5 Å². The highest BCUT2D eigenvalue weighted by atomic mass is 32.2. The fourth-order valence-electron chi connectivity index (χ4n) is 2.00. The summed E-state index contributed by atoms with van der Waals surface area (Å²) in [7, 11) is -0.456. The van der Waals surface area contributed by atoms with Gasteiger partial charge in [0.05, 0.1) is 20.0 Å². The molecule has 0 fully saturated rings. The third-order valence-electron chi connectivity index (χ3n) is 3.29. The van der Waals surface area contributed by atoms with Gasteiger partial charge in [0.1, 0.15) is 0 Å². The number of methoxy groups -OCH3 is 2. The van der Waals surface area contributed by atoms with E-state index in [2.05, 4.69) is 10.0 Å². The largest absolute Gasteiger partial charge is 0.493 e. The van der Waals surface area contributed by atoms with Crippen molar-refractivity contribution in [2.45, 2.75) is 13.3 Å². The first-order chi connectivity index (χ1) is 11.9. The number of benzene rings is 1. The SMILES string of the molecule is CCOCCCNS(=O)(=O)CCNC(=O)c1ccc(OC)c(OC)c1. The van der Waals surface area contributed by atoms with Crippen LogP contribution in [0, 0.1) is 0 Å². The quantitative estimate of drug-likeness (QED) is 0.524. The van der Waals surface area contributed by atoms with E-state index in [9.17, 15) is 13.2 Å². The number of ether oxygens (including phenoxy) is 3. The van der Waals surface area contributed by atoms with E-state index in [1.165, 1.54) is 20.3 Å². The molecule has 0 spiro atoms. The smallest absolute Gasteiger partial charge is 0.251 e. The van der Waals surface area contributed by atoms with Crippen molar-refractivity contribution in [3.63, 3.8) is 0 Å². The lowest BCUT2D eigenvalue weighted by Crippen LogP contribution is -2.35. The van der Waals surface area contributed by atoms with Gasteiger partial charge in [0.2, 0.25) is 10.0 Å². The number of sulfonamides is 1. The molecule has 0 aliphatic carbocycles. The van der Waals surface area contributed by atoms with E-state index in [0.717, 1.165) is 0 Å². The zero-order chi connectivity index (χ0) is 18.7. The summed E-state index contributed by atoms with van der Waals surface area (Å²) in [6.45, 7) is 3.31. The Morgan fingerprint density at radius 2 is 1.84 bits per heavy atom. The maximum absolute atomic E-state index is 12.1. The number of nitrogens with one attached hydrogen (secondary N) is 2. The summed E-state index contributed by atoms with van der Waals surface area (Å²) in [6.07, 6.45) is 0.602. The fraction of sp³-hybridized carbons (Fsp3) is 0.562. The molecule has 1 amide bonds. The van der Waals surface area contributed by atoms with Gasteiger partial charge < -0.3 is 19.5 Å². The molecule has 0 saturated carbocycles. The summed E-state index contributed by atoms with van der Waals surface area (Å²) in [6, 6.07) is 4.73. The Morgan fingerprint density at radius 1 is 1.12 bits per heavy atom.